The second-order valence-corrected chi connectivity index (χ2v) is 5.37. The number of carbonyl (C=O) groups is 1. The molecule has 0 aliphatic carbocycles. The summed E-state index contributed by atoms with van der Waals surface area (Å²) in [5.74, 6) is 2.19. The van der Waals surface area contributed by atoms with Gasteiger partial charge in [-0.2, -0.15) is 11.8 Å². The molecule has 1 aliphatic heterocycles. The normalized spacial score (nSPS) is 17.0. The molecule has 0 unspecified atom stereocenters. The minimum Gasteiger partial charge on any atom is -0.348 e. The Hall–Kier alpha value is -1.01. The van der Waals surface area contributed by atoms with Crippen molar-refractivity contribution in [1.29, 1.82) is 0 Å². The van der Waals surface area contributed by atoms with Crippen LogP contribution in [0.25, 0.3) is 0 Å². The Morgan fingerprint density at radius 3 is 3.06 bits per heavy atom. The highest BCUT2D eigenvalue weighted by Gasteiger charge is 2.18. The molecule has 17 heavy (non-hydrogen) atoms. The summed E-state index contributed by atoms with van der Waals surface area (Å²) in [5.41, 5.74) is 5.93. The van der Waals surface area contributed by atoms with Gasteiger partial charge in [0.05, 0.1) is 6.33 Å². The summed E-state index contributed by atoms with van der Waals surface area (Å²) in [6, 6.07) is 0.309. The van der Waals surface area contributed by atoms with E-state index in [0.29, 0.717) is 24.8 Å². The van der Waals surface area contributed by atoms with E-state index in [2.05, 4.69) is 10.3 Å². The first-order chi connectivity index (χ1) is 8.29. The number of rotatable bonds is 4. The molecule has 1 saturated heterocycles. The third-order valence-corrected chi connectivity index (χ3v) is 3.86. The van der Waals surface area contributed by atoms with E-state index in [0.717, 1.165) is 24.3 Å². The molecule has 0 bridgehead atoms. The largest absolute Gasteiger partial charge is 0.348 e. The first-order valence-electron chi connectivity index (χ1n) is 5.90. The van der Waals surface area contributed by atoms with Gasteiger partial charge in [0.15, 0.2) is 0 Å². The van der Waals surface area contributed by atoms with Gasteiger partial charge in [0.2, 0.25) is 0 Å². The summed E-state index contributed by atoms with van der Waals surface area (Å²) in [5, 5.41) is 3.03. The zero-order chi connectivity index (χ0) is 12.1. The van der Waals surface area contributed by atoms with Gasteiger partial charge < -0.3 is 15.6 Å². The summed E-state index contributed by atoms with van der Waals surface area (Å²) >= 11 is 1.95. The predicted molar refractivity (Wildman–Crippen MR) is 69.1 cm³/mol. The van der Waals surface area contributed by atoms with Crippen molar-refractivity contribution in [2.24, 2.45) is 5.73 Å². The Labute approximate surface area is 105 Å². The molecule has 5 nitrogen and oxygen atoms in total. The molecule has 0 atom stereocenters. The molecule has 2 rings (SSSR count). The lowest BCUT2D eigenvalue weighted by Crippen LogP contribution is -2.37. The van der Waals surface area contributed by atoms with E-state index in [-0.39, 0.29) is 5.91 Å². The molecule has 94 valence electrons. The van der Waals surface area contributed by atoms with Crippen molar-refractivity contribution in [1.82, 2.24) is 14.9 Å². The number of aromatic nitrogens is 2. The van der Waals surface area contributed by atoms with Crippen LogP contribution in [-0.4, -0.2) is 39.6 Å². The van der Waals surface area contributed by atoms with Crippen LogP contribution < -0.4 is 11.1 Å². The van der Waals surface area contributed by atoms with Crippen molar-refractivity contribution < 1.29 is 4.79 Å². The Kier molecular flexibility index (Phi) is 4.44. The molecule has 1 fully saturated rings. The van der Waals surface area contributed by atoms with Gasteiger partial charge in [0.25, 0.3) is 5.91 Å². The first-order valence-corrected chi connectivity index (χ1v) is 7.05. The number of hydrogen-bond acceptors (Lipinski definition) is 4. The minimum absolute atomic E-state index is 0.0716. The molecule has 1 aromatic rings. The van der Waals surface area contributed by atoms with E-state index >= 15 is 0 Å². The summed E-state index contributed by atoms with van der Waals surface area (Å²) in [6.07, 6.45) is 5.51. The third-order valence-electron chi connectivity index (χ3n) is 2.81. The second kappa shape index (κ2) is 6.07. The zero-order valence-electron chi connectivity index (χ0n) is 9.76. The predicted octanol–water partition coefficient (Wildman–Crippen LogP) is 0.467. The highest BCUT2D eigenvalue weighted by molar-refractivity contribution is 7.99. The highest BCUT2D eigenvalue weighted by Crippen LogP contribution is 2.17. The molecular weight excluding hydrogens is 236 g/mol. The number of nitrogens with zero attached hydrogens (tertiary/aromatic N) is 2. The maximum Gasteiger partial charge on any atom is 0.271 e. The van der Waals surface area contributed by atoms with Crippen molar-refractivity contribution in [2.45, 2.75) is 25.4 Å². The van der Waals surface area contributed by atoms with E-state index in [4.69, 9.17) is 5.73 Å². The van der Waals surface area contributed by atoms with Crippen molar-refractivity contribution in [2.75, 3.05) is 18.1 Å². The van der Waals surface area contributed by atoms with Gasteiger partial charge in [-0.1, -0.05) is 0 Å². The van der Waals surface area contributed by atoms with Gasteiger partial charge in [0, 0.05) is 25.3 Å². The number of amides is 1. The quantitative estimate of drug-likeness (QED) is 0.819. The number of thioether (sulfide) groups is 1. The van der Waals surface area contributed by atoms with Crippen LogP contribution in [0.2, 0.25) is 0 Å². The number of nitrogens with two attached hydrogens (primary N) is 1. The van der Waals surface area contributed by atoms with Crippen LogP contribution in [0.15, 0.2) is 12.5 Å². The maximum absolute atomic E-state index is 11.9. The fraction of sp³-hybridized carbons (Fsp3) is 0.636. The molecule has 0 aromatic carbocycles. The molecule has 0 saturated carbocycles. The van der Waals surface area contributed by atoms with Crippen molar-refractivity contribution >= 4 is 17.7 Å². The average molecular weight is 254 g/mol. The first kappa shape index (κ1) is 12.4. The zero-order valence-corrected chi connectivity index (χ0v) is 10.6. The van der Waals surface area contributed by atoms with Crippen molar-refractivity contribution in [3.8, 4) is 0 Å². The Morgan fingerprint density at radius 1 is 1.59 bits per heavy atom. The van der Waals surface area contributed by atoms with Crippen LogP contribution in [0.1, 0.15) is 23.3 Å². The SMILES string of the molecule is NCCn1cnc(C(=O)NC2CCSCC2)c1. The minimum atomic E-state index is -0.0716. The number of hydrogen-bond donors (Lipinski definition) is 2. The van der Waals surface area contributed by atoms with Crippen LogP contribution in [0, 0.1) is 0 Å². The number of imidazole rings is 1. The van der Waals surface area contributed by atoms with Gasteiger partial charge in [-0.25, -0.2) is 4.98 Å². The number of carbonyl (C=O) groups excluding carboxylic acids is 1. The molecule has 6 heteroatoms. The smallest absolute Gasteiger partial charge is 0.271 e. The highest BCUT2D eigenvalue weighted by atomic mass is 32.2. The van der Waals surface area contributed by atoms with Gasteiger partial charge in [0.1, 0.15) is 5.69 Å². The Bertz CT molecular complexity index is 373. The molecule has 0 spiro atoms. The monoisotopic (exact) mass is 254 g/mol. The lowest BCUT2D eigenvalue weighted by molar-refractivity contribution is 0.0930. The van der Waals surface area contributed by atoms with Crippen LogP contribution in [0.4, 0.5) is 0 Å². The van der Waals surface area contributed by atoms with E-state index in [1.54, 1.807) is 12.5 Å². The number of nitrogens with one attached hydrogen (secondary N) is 1. The molecule has 1 aromatic heterocycles. The van der Waals surface area contributed by atoms with Gasteiger partial charge in [-0.15, -0.1) is 0 Å². The van der Waals surface area contributed by atoms with E-state index in [9.17, 15) is 4.79 Å². The van der Waals surface area contributed by atoms with Crippen LogP contribution in [0.5, 0.6) is 0 Å². The lowest BCUT2D eigenvalue weighted by atomic mass is 10.1. The fourth-order valence-electron chi connectivity index (χ4n) is 1.85. The van der Waals surface area contributed by atoms with E-state index in [1.165, 1.54) is 0 Å². The lowest BCUT2D eigenvalue weighted by Gasteiger charge is -2.21. The van der Waals surface area contributed by atoms with E-state index in [1.807, 2.05) is 16.3 Å². The standard InChI is InChI=1S/C11H18N4OS/c12-3-4-15-7-10(13-8-15)11(16)14-9-1-5-17-6-2-9/h7-9H,1-6,12H2,(H,14,16). The Morgan fingerprint density at radius 2 is 2.35 bits per heavy atom. The summed E-state index contributed by atoms with van der Waals surface area (Å²) in [7, 11) is 0. The van der Waals surface area contributed by atoms with E-state index < -0.39 is 0 Å². The molecular formula is C11H18N4OS. The average Bonchev–Trinajstić information content (AvgIpc) is 2.79. The van der Waals surface area contributed by atoms with Crippen LogP contribution >= 0.6 is 11.8 Å². The van der Waals surface area contributed by atoms with Gasteiger partial charge in [-0.3, -0.25) is 4.79 Å². The van der Waals surface area contributed by atoms with Crippen molar-refractivity contribution in [3.05, 3.63) is 18.2 Å². The molecule has 0 radical (unpaired) electrons. The molecule has 1 aliphatic rings. The maximum atomic E-state index is 11.9. The summed E-state index contributed by atoms with van der Waals surface area (Å²) < 4.78 is 1.84. The van der Waals surface area contributed by atoms with Gasteiger partial charge >= 0.3 is 0 Å². The summed E-state index contributed by atoms with van der Waals surface area (Å²) in [4.78, 5) is 16.0. The molecule has 2 heterocycles. The van der Waals surface area contributed by atoms with Crippen LogP contribution in [-0.2, 0) is 6.54 Å². The van der Waals surface area contributed by atoms with Gasteiger partial charge in [-0.05, 0) is 24.3 Å². The fourth-order valence-corrected chi connectivity index (χ4v) is 2.96. The van der Waals surface area contributed by atoms with Crippen molar-refractivity contribution in [3.63, 3.8) is 0 Å². The molecule has 1 amide bonds. The second-order valence-electron chi connectivity index (χ2n) is 4.15. The Balaban J connectivity index is 1.89. The van der Waals surface area contributed by atoms with Crippen LogP contribution in [0.3, 0.4) is 0 Å². The third kappa shape index (κ3) is 3.47. The topological polar surface area (TPSA) is 72.9 Å². The molecule has 3 N–H and O–H groups in total. The summed E-state index contributed by atoms with van der Waals surface area (Å²) in [6.45, 7) is 1.25.